The van der Waals surface area contributed by atoms with Gasteiger partial charge in [-0.05, 0) is 37.1 Å². The maximum absolute atomic E-state index is 13.3. The number of likely N-dealkylation sites (tertiary alicyclic amines) is 1. The summed E-state index contributed by atoms with van der Waals surface area (Å²) in [6.45, 7) is 1.11. The van der Waals surface area contributed by atoms with E-state index in [2.05, 4.69) is 20.6 Å². The number of benzene rings is 1. The molecule has 0 unspecified atom stereocenters. The Morgan fingerprint density at radius 2 is 1.78 bits per heavy atom. The molecule has 0 radical (unpaired) electrons. The number of hydrogen-bond donors (Lipinski definition) is 1. The summed E-state index contributed by atoms with van der Waals surface area (Å²) in [6.07, 6.45) is 1.46. The second kappa shape index (κ2) is 11.6. The van der Waals surface area contributed by atoms with Gasteiger partial charge in [-0.15, -0.1) is 21.5 Å². The molecule has 1 N–H and O–H groups in total. The van der Waals surface area contributed by atoms with Gasteiger partial charge in [0.15, 0.2) is 22.5 Å². The molecule has 1 aliphatic heterocycles. The Hall–Kier alpha value is -3.64. The number of halogens is 1. The van der Waals surface area contributed by atoms with Gasteiger partial charge in [-0.2, -0.15) is 0 Å². The summed E-state index contributed by atoms with van der Waals surface area (Å²) in [5, 5.41) is 12.0. The number of piperidine rings is 1. The number of nitrogens with one attached hydrogen (secondary N) is 1. The zero-order chi connectivity index (χ0) is 26.5. The molecule has 0 saturated carbocycles. The molecule has 1 saturated heterocycles. The number of carbonyl (C=O) groups excluding carboxylic acids is 2. The maximum atomic E-state index is 13.3. The Labute approximate surface area is 223 Å². The number of hydrazine groups is 1. The van der Waals surface area contributed by atoms with Gasteiger partial charge in [0.2, 0.25) is 5.75 Å². The molecule has 1 aromatic carbocycles. The fraction of sp³-hybridized carbons (Fsp3) is 0.375. The molecular weight excluding hydrogens is 520 g/mol. The highest BCUT2D eigenvalue weighted by molar-refractivity contribution is 7.09. The van der Waals surface area contributed by atoms with Gasteiger partial charge in [-0.1, -0.05) is 11.6 Å². The summed E-state index contributed by atoms with van der Waals surface area (Å²) in [6, 6.07) is 6.62. The number of carbonyl (C=O) groups is 2. The Morgan fingerprint density at radius 3 is 2.41 bits per heavy atom. The second-order valence-electron chi connectivity index (χ2n) is 8.23. The van der Waals surface area contributed by atoms with E-state index in [-0.39, 0.29) is 22.9 Å². The fourth-order valence-corrected chi connectivity index (χ4v) is 5.18. The van der Waals surface area contributed by atoms with Crippen LogP contribution < -0.4 is 24.6 Å². The Bertz CT molecular complexity index is 1260. The number of rotatable bonds is 8. The molecule has 196 valence electrons. The number of hydrogen-bond acceptors (Lipinski definition) is 10. The van der Waals surface area contributed by atoms with E-state index < -0.39 is 0 Å². The first-order valence-corrected chi connectivity index (χ1v) is 12.7. The Kier molecular flexibility index (Phi) is 8.29. The summed E-state index contributed by atoms with van der Waals surface area (Å²) in [4.78, 5) is 32.3. The van der Waals surface area contributed by atoms with Crippen molar-refractivity contribution < 1.29 is 23.8 Å². The Balaban J connectivity index is 1.37. The number of aromatic nitrogens is 3. The van der Waals surface area contributed by atoms with Crippen LogP contribution in [0.25, 0.3) is 0 Å². The molecule has 0 aliphatic carbocycles. The van der Waals surface area contributed by atoms with Gasteiger partial charge in [0.25, 0.3) is 11.8 Å². The van der Waals surface area contributed by atoms with Crippen LogP contribution in [0.3, 0.4) is 0 Å². The molecule has 4 rings (SSSR count). The summed E-state index contributed by atoms with van der Waals surface area (Å²) in [5.74, 6) is 1.33. The highest BCUT2D eigenvalue weighted by Gasteiger charge is 2.30. The fourth-order valence-electron chi connectivity index (χ4n) is 4.10. The van der Waals surface area contributed by atoms with E-state index in [1.165, 1.54) is 37.7 Å². The number of amides is 2. The van der Waals surface area contributed by atoms with Crippen molar-refractivity contribution in [3.8, 4) is 17.2 Å². The van der Waals surface area contributed by atoms with E-state index >= 15 is 0 Å². The molecule has 13 heteroatoms. The first-order valence-electron chi connectivity index (χ1n) is 11.4. The van der Waals surface area contributed by atoms with Crippen LogP contribution in [0.2, 0.25) is 5.15 Å². The summed E-state index contributed by atoms with van der Waals surface area (Å²) in [7, 11) is 6.19. The average Bonchev–Trinajstić information content (AvgIpc) is 3.42. The SMILES string of the molecule is COc1ccc(C(=O)N2CCC(c3nc(C(=O)NN(C)c4ccc(Cl)nn4)cs3)CC2)c(OC)c1OC. The van der Waals surface area contributed by atoms with Crippen molar-refractivity contribution in [2.24, 2.45) is 0 Å². The molecule has 0 bridgehead atoms. The lowest BCUT2D eigenvalue weighted by molar-refractivity contribution is 0.0708. The van der Waals surface area contributed by atoms with Gasteiger partial charge in [0, 0.05) is 31.4 Å². The first-order chi connectivity index (χ1) is 17.9. The number of nitrogens with zero attached hydrogens (tertiary/aromatic N) is 5. The summed E-state index contributed by atoms with van der Waals surface area (Å²) < 4.78 is 16.2. The monoisotopic (exact) mass is 546 g/mol. The van der Waals surface area contributed by atoms with Crippen LogP contribution in [-0.2, 0) is 0 Å². The van der Waals surface area contributed by atoms with E-state index in [4.69, 9.17) is 25.8 Å². The van der Waals surface area contributed by atoms with E-state index in [0.29, 0.717) is 47.4 Å². The minimum Gasteiger partial charge on any atom is -0.493 e. The zero-order valence-corrected chi connectivity index (χ0v) is 22.4. The van der Waals surface area contributed by atoms with Crippen LogP contribution >= 0.6 is 22.9 Å². The van der Waals surface area contributed by atoms with Gasteiger partial charge in [-0.25, -0.2) is 4.98 Å². The highest BCUT2D eigenvalue weighted by atomic mass is 35.5. The minimum absolute atomic E-state index is 0.135. The van der Waals surface area contributed by atoms with Crippen LogP contribution in [0.15, 0.2) is 29.6 Å². The molecule has 1 aliphatic rings. The summed E-state index contributed by atoms with van der Waals surface area (Å²) >= 11 is 7.20. The van der Waals surface area contributed by atoms with Crippen molar-refractivity contribution in [3.63, 3.8) is 0 Å². The normalized spacial score (nSPS) is 13.7. The third-order valence-corrected chi connectivity index (χ3v) is 7.26. The molecule has 0 spiro atoms. The molecule has 3 aromatic rings. The van der Waals surface area contributed by atoms with Gasteiger partial charge >= 0.3 is 0 Å². The van der Waals surface area contributed by atoms with Crippen LogP contribution in [0.4, 0.5) is 5.82 Å². The molecule has 0 atom stereocenters. The topological polar surface area (TPSA) is 119 Å². The quantitative estimate of drug-likeness (QED) is 0.424. The number of thiazole rings is 1. The van der Waals surface area contributed by atoms with E-state index in [0.717, 1.165) is 17.8 Å². The number of ether oxygens (including phenoxy) is 3. The lowest BCUT2D eigenvalue weighted by Gasteiger charge is -2.31. The van der Waals surface area contributed by atoms with Crippen LogP contribution in [0.5, 0.6) is 17.2 Å². The van der Waals surface area contributed by atoms with Gasteiger partial charge in [0.1, 0.15) is 5.69 Å². The van der Waals surface area contributed by atoms with Crippen LogP contribution in [0, 0.1) is 0 Å². The van der Waals surface area contributed by atoms with Gasteiger partial charge in [-0.3, -0.25) is 20.0 Å². The minimum atomic E-state index is -0.352. The smallest absolute Gasteiger partial charge is 0.289 e. The van der Waals surface area contributed by atoms with Crippen molar-refractivity contribution >= 4 is 40.6 Å². The lowest BCUT2D eigenvalue weighted by Crippen LogP contribution is -2.40. The average molecular weight is 547 g/mol. The molecule has 2 aromatic heterocycles. The number of methoxy groups -OCH3 is 3. The van der Waals surface area contributed by atoms with E-state index in [1.54, 1.807) is 41.6 Å². The van der Waals surface area contributed by atoms with Gasteiger partial charge in [0.05, 0.1) is 31.9 Å². The molecule has 3 heterocycles. The summed E-state index contributed by atoms with van der Waals surface area (Å²) in [5.41, 5.74) is 3.47. The molecule has 2 amide bonds. The third kappa shape index (κ3) is 5.70. The van der Waals surface area contributed by atoms with E-state index in [9.17, 15) is 9.59 Å². The molecule has 1 fully saturated rings. The van der Waals surface area contributed by atoms with Crippen LogP contribution in [-0.4, -0.2) is 73.4 Å². The lowest BCUT2D eigenvalue weighted by atomic mass is 9.97. The van der Waals surface area contributed by atoms with Crippen molar-refractivity contribution in [1.29, 1.82) is 0 Å². The predicted octanol–water partition coefficient (Wildman–Crippen LogP) is 3.41. The molecule has 11 nitrogen and oxygen atoms in total. The third-order valence-electron chi connectivity index (χ3n) is 6.05. The Morgan fingerprint density at radius 1 is 1.05 bits per heavy atom. The van der Waals surface area contributed by atoms with Crippen molar-refractivity contribution in [2.75, 3.05) is 46.5 Å². The molecule has 37 heavy (non-hydrogen) atoms. The molecular formula is C24H27ClN6O5S. The predicted molar refractivity (Wildman–Crippen MR) is 139 cm³/mol. The van der Waals surface area contributed by atoms with Crippen LogP contribution in [0.1, 0.15) is 44.6 Å². The van der Waals surface area contributed by atoms with Crippen molar-refractivity contribution in [1.82, 2.24) is 25.5 Å². The first kappa shape index (κ1) is 26.4. The standard InChI is InChI=1S/C24H27ClN6O5S/c1-30(19-8-7-18(25)27-28-19)29-22(32)16-13-37-23(26-16)14-9-11-31(12-10-14)24(33)15-5-6-17(34-2)21(36-4)20(15)35-3/h5-8,13-14H,9-12H2,1-4H3,(H,29,32). The van der Waals surface area contributed by atoms with Crippen molar-refractivity contribution in [2.45, 2.75) is 18.8 Å². The van der Waals surface area contributed by atoms with E-state index in [1.807, 2.05) is 0 Å². The largest absolute Gasteiger partial charge is 0.493 e. The van der Waals surface area contributed by atoms with Gasteiger partial charge < -0.3 is 19.1 Å². The number of anilines is 1. The second-order valence-corrected chi connectivity index (χ2v) is 9.51. The van der Waals surface area contributed by atoms with Crippen molar-refractivity contribution in [3.05, 3.63) is 51.1 Å². The maximum Gasteiger partial charge on any atom is 0.289 e. The highest BCUT2D eigenvalue weighted by Crippen LogP contribution is 2.40. The zero-order valence-electron chi connectivity index (χ0n) is 20.9.